The van der Waals surface area contributed by atoms with Crippen molar-refractivity contribution in [2.75, 3.05) is 11.9 Å². The molecule has 1 heterocycles. The van der Waals surface area contributed by atoms with E-state index >= 15 is 0 Å². The maximum Gasteiger partial charge on any atom is 0.255 e. The predicted molar refractivity (Wildman–Crippen MR) is 122 cm³/mol. The van der Waals surface area contributed by atoms with Gasteiger partial charge in [-0.3, -0.25) is 4.79 Å². The van der Waals surface area contributed by atoms with Crippen LogP contribution in [-0.2, 0) is 0 Å². The minimum atomic E-state index is -0.187. The predicted octanol–water partition coefficient (Wildman–Crippen LogP) is 6.14. The second kappa shape index (κ2) is 8.65. The molecule has 1 amide bonds. The molecular weight excluding hydrogens is 479 g/mol. The largest absolute Gasteiger partial charge is 0.494 e. The third-order valence-corrected chi connectivity index (χ3v) is 4.98. The minimum absolute atomic E-state index is 0.187. The molecule has 0 saturated heterocycles. The third-order valence-electron chi connectivity index (χ3n) is 4.31. The van der Waals surface area contributed by atoms with E-state index in [1.165, 1.54) is 0 Å². The molecule has 1 N–H and O–H groups in total. The molecule has 0 bridgehead atoms. The lowest BCUT2D eigenvalue weighted by atomic mass is 10.2. The standard InChI is InChI=1S/C23H19IN2O3/c1-2-12-28-19-9-6-15(7-10-19)22(27)25-18-8-11-21-20(14-18)26-23(29-21)16-4-3-5-17(24)13-16/h3-11,13-14H,2,12H2,1H3,(H,25,27). The number of amides is 1. The molecule has 29 heavy (non-hydrogen) atoms. The number of hydrogen-bond acceptors (Lipinski definition) is 4. The summed E-state index contributed by atoms with van der Waals surface area (Å²) >= 11 is 2.26. The molecular formula is C23H19IN2O3. The number of carbonyl (C=O) groups excluding carboxylic acids is 1. The van der Waals surface area contributed by atoms with E-state index in [0.717, 1.165) is 21.3 Å². The van der Waals surface area contributed by atoms with Crippen LogP contribution in [0.2, 0.25) is 0 Å². The van der Waals surface area contributed by atoms with Crippen LogP contribution in [-0.4, -0.2) is 17.5 Å². The van der Waals surface area contributed by atoms with Crippen LogP contribution in [0, 0.1) is 3.57 Å². The highest BCUT2D eigenvalue weighted by Crippen LogP contribution is 2.27. The molecule has 4 aromatic rings. The molecule has 5 nitrogen and oxygen atoms in total. The monoisotopic (exact) mass is 498 g/mol. The first-order valence-electron chi connectivity index (χ1n) is 9.33. The van der Waals surface area contributed by atoms with E-state index in [0.29, 0.717) is 34.8 Å². The minimum Gasteiger partial charge on any atom is -0.494 e. The molecule has 0 fully saturated rings. The Bertz CT molecular complexity index is 1150. The fraction of sp³-hybridized carbons (Fsp3) is 0.130. The fourth-order valence-corrected chi connectivity index (χ4v) is 3.42. The average molecular weight is 498 g/mol. The Morgan fingerprint density at radius 3 is 2.69 bits per heavy atom. The first-order valence-corrected chi connectivity index (χ1v) is 10.4. The molecule has 0 saturated carbocycles. The normalized spacial score (nSPS) is 10.8. The number of nitrogens with one attached hydrogen (secondary N) is 1. The summed E-state index contributed by atoms with van der Waals surface area (Å²) in [5.41, 5.74) is 3.52. The molecule has 0 aliphatic rings. The van der Waals surface area contributed by atoms with Crippen molar-refractivity contribution in [3.05, 3.63) is 75.9 Å². The van der Waals surface area contributed by atoms with Crippen LogP contribution >= 0.6 is 22.6 Å². The average Bonchev–Trinajstić information content (AvgIpc) is 3.16. The molecule has 4 rings (SSSR count). The van der Waals surface area contributed by atoms with Gasteiger partial charge in [0.25, 0.3) is 5.91 Å². The Hall–Kier alpha value is -2.87. The summed E-state index contributed by atoms with van der Waals surface area (Å²) in [4.78, 5) is 17.1. The number of oxazole rings is 1. The van der Waals surface area contributed by atoms with Crippen LogP contribution in [0.5, 0.6) is 5.75 Å². The summed E-state index contributed by atoms with van der Waals surface area (Å²) in [5.74, 6) is 1.13. The first kappa shape index (κ1) is 19.4. The fourth-order valence-electron chi connectivity index (χ4n) is 2.88. The van der Waals surface area contributed by atoms with Gasteiger partial charge in [-0.2, -0.15) is 0 Å². The van der Waals surface area contributed by atoms with Crippen molar-refractivity contribution in [1.29, 1.82) is 0 Å². The van der Waals surface area contributed by atoms with E-state index in [-0.39, 0.29) is 5.91 Å². The zero-order valence-electron chi connectivity index (χ0n) is 15.8. The molecule has 0 spiro atoms. The number of ether oxygens (including phenoxy) is 1. The zero-order valence-corrected chi connectivity index (χ0v) is 18.0. The van der Waals surface area contributed by atoms with Crippen LogP contribution in [0.25, 0.3) is 22.6 Å². The lowest BCUT2D eigenvalue weighted by Crippen LogP contribution is -2.11. The number of halogens is 1. The lowest BCUT2D eigenvalue weighted by molar-refractivity contribution is 0.102. The van der Waals surface area contributed by atoms with Gasteiger partial charge in [0.1, 0.15) is 11.3 Å². The smallest absolute Gasteiger partial charge is 0.255 e. The van der Waals surface area contributed by atoms with Gasteiger partial charge in [0.05, 0.1) is 6.61 Å². The summed E-state index contributed by atoms with van der Waals surface area (Å²) in [6.07, 6.45) is 0.942. The number of carbonyl (C=O) groups is 1. The highest BCUT2D eigenvalue weighted by Gasteiger charge is 2.11. The van der Waals surface area contributed by atoms with Gasteiger partial charge in [-0.25, -0.2) is 4.98 Å². The number of nitrogens with zero attached hydrogens (tertiary/aromatic N) is 1. The molecule has 6 heteroatoms. The maximum atomic E-state index is 12.5. The molecule has 146 valence electrons. The quantitative estimate of drug-likeness (QED) is 0.325. The Labute approximate surface area is 182 Å². The summed E-state index contributed by atoms with van der Waals surface area (Å²) < 4.78 is 12.5. The SMILES string of the molecule is CCCOc1ccc(C(=O)Nc2ccc3oc(-c4cccc(I)c4)nc3c2)cc1. The Kier molecular flexibility index (Phi) is 5.80. The Morgan fingerprint density at radius 2 is 1.93 bits per heavy atom. The summed E-state index contributed by atoms with van der Waals surface area (Å²) in [6.45, 7) is 2.71. The summed E-state index contributed by atoms with van der Waals surface area (Å²) in [6, 6.07) is 20.5. The van der Waals surface area contributed by atoms with Gasteiger partial charge in [0.15, 0.2) is 5.58 Å². The van der Waals surface area contributed by atoms with Gasteiger partial charge < -0.3 is 14.5 Å². The number of anilines is 1. The Morgan fingerprint density at radius 1 is 1.10 bits per heavy atom. The number of benzene rings is 3. The van der Waals surface area contributed by atoms with Crippen molar-refractivity contribution in [2.24, 2.45) is 0 Å². The van der Waals surface area contributed by atoms with Gasteiger partial charge in [0.2, 0.25) is 5.89 Å². The van der Waals surface area contributed by atoms with Crippen molar-refractivity contribution in [3.63, 3.8) is 0 Å². The molecule has 0 unspecified atom stereocenters. The zero-order chi connectivity index (χ0) is 20.2. The van der Waals surface area contributed by atoms with Crippen LogP contribution in [0.3, 0.4) is 0 Å². The molecule has 0 aliphatic carbocycles. The van der Waals surface area contributed by atoms with Gasteiger partial charge in [-0.1, -0.05) is 13.0 Å². The first-order chi connectivity index (χ1) is 14.1. The highest BCUT2D eigenvalue weighted by atomic mass is 127. The van der Waals surface area contributed by atoms with Gasteiger partial charge >= 0.3 is 0 Å². The van der Waals surface area contributed by atoms with E-state index < -0.39 is 0 Å². The number of fused-ring (bicyclic) bond motifs is 1. The van der Waals surface area contributed by atoms with E-state index in [9.17, 15) is 4.79 Å². The number of aromatic nitrogens is 1. The molecule has 0 atom stereocenters. The molecule has 1 aromatic heterocycles. The summed E-state index contributed by atoms with van der Waals surface area (Å²) in [5, 5.41) is 2.91. The topological polar surface area (TPSA) is 64.4 Å². The van der Waals surface area contributed by atoms with Crippen LogP contribution in [0.1, 0.15) is 23.7 Å². The van der Waals surface area contributed by atoms with Crippen molar-refractivity contribution in [1.82, 2.24) is 4.98 Å². The number of hydrogen-bond donors (Lipinski definition) is 1. The highest BCUT2D eigenvalue weighted by molar-refractivity contribution is 14.1. The van der Waals surface area contributed by atoms with E-state index in [1.807, 2.05) is 42.5 Å². The van der Waals surface area contributed by atoms with Crippen LogP contribution in [0.15, 0.2) is 71.1 Å². The van der Waals surface area contributed by atoms with Crippen molar-refractivity contribution >= 4 is 45.3 Å². The summed E-state index contributed by atoms with van der Waals surface area (Å²) in [7, 11) is 0. The maximum absolute atomic E-state index is 12.5. The second-order valence-electron chi connectivity index (χ2n) is 6.54. The molecule has 3 aromatic carbocycles. The van der Waals surface area contributed by atoms with E-state index in [2.05, 4.69) is 39.8 Å². The van der Waals surface area contributed by atoms with Crippen LogP contribution in [0.4, 0.5) is 5.69 Å². The number of rotatable bonds is 6. The van der Waals surface area contributed by atoms with Gasteiger partial charge in [-0.15, -0.1) is 0 Å². The van der Waals surface area contributed by atoms with Crippen molar-refractivity contribution in [2.45, 2.75) is 13.3 Å². The third kappa shape index (κ3) is 4.59. The van der Waals surface area contributed by atoms with Gasteiger partial charge in [-0.05, 0) is 89.7 Å². The lowest BCUT2D eigenvalue weighted by Gasteiger charge is -2.07. The van der Waals surface area contributed by atoms with Crippen LogP contribution < -0.4 is 10.1 Å². The van der Waals surface area contributed by atoms with E-state index in [4.69, 9.17) is 9.15 Å². The van der Waals surface area contributed by atoms with Crippen molar-refractivity contribution in [3.8, 4) is 17.2 Å². The van der Waals surface area contributed by atoms with Crippen molar-refractivity contribution < 1.29 is 13.9 Å². The van der Waals surface area contributed by atoms with Gasteiger partial charge in [0, 0.05) is 20.4 Å². The Balaban J connectivity index is 1.51. The second-order valence-corrected chi connectivity index (χ2v) is 7.78. The molecule has 0 radical (unpaired) electrons. The molecule has 0 aliphatic heterocycles. The van der Waals surface area contributed by atoms with E-state index in [1.54, 1.807) is 24.3 Å².